The zero-order valence-corrected chi connectivity index (χ0v) is 14.3. The third kappa shape index (κ3) is 3.16. The van der Waals surface area contributed by atoms with E-state index >= 15 is 0 Å². The first-order chi connectivity index (χ1) is 11.7. The van der Waals surface area contributed by atoms with E-state index in [1.54, 1.807) is 17.5 Å². The van der Waals surface area contributed by atoms with Gasteiger partial charge in [0.05, 0.1) is 36.0 Å². The molecule has 2 fully saturated rings. The van der Waals surface area contributed by atoms with E-state index in [1.807, 2.05) is 40.1 Å². The predicted octanol–water partition coefficient (Wildman–Crippen LogP) is 3.02. The second kappa shape index (κ2) is 6.53. The van der Waals surface area contributed by atoms with Crippen LogP contribution in [-0.2, 0) is 4.74 Å². The molecule has 5 nitrogen and oxygen atoms in total. The minimum Gasteiger partial charge on any atom is -0.379 e. The van der Waals surface area contributed by atoms with Crippen molar-refractivity contribution in [1.29, 1.82) is 0 Å². The number of carbonyl (C=O) groups excluding carboxylic acids is 1. The monoisotopic (exact) mass is 343 g/mol. The Balaban J connectivity index is 1.41. The fraction of sp³-hybridized carbons (Fsp3) is 0.444. The number of amides is 1. The Hall–Kier alpha value is -1.92. The highest BCUT2D eigenvalue weighted by atomic mass is 32.1. The van der Waals surface area contributed by atoms with Gasteiger partial charge < -0.3 is 15.0 Å². The molecule has 4 heterocycles. The molecule has 2 unspecified atom stereocenters. The second-order valence-electron chi connectivity index (χ2n) is 6.62. The number of pyridine rings is 1. The van der Waals surface area contributed by atoms with E-state index in [1.165, 1.54) is 0 Å². The summed E-state index contributed by atoms with van der Waals surface area (Å²) in [6.45, 7) is 2.18. The van der Waals surface area contributed by atoms with Gasteiger partial charge in [-0.2, -0.15) is 11.3 Å². The van der Waals surface area contributed by atoms with Crippen LogP contribution in [0.1, 0.15) is 29.6 Å². The highest BCUT2D eigenvalue weighted by molar-refractivity contribution is 7.08. The molecule has 2 saturated heterocycles. The van der Waals surface area contributed by atoms with Gasteiger partial charge in [-0.3, -0.25) is 9.78 Å². The zero-order chi connectivity index (χ0) is 16.4. The number of ether oxygens (including phenoxy) is 1. The minimum atomic E-state index is -0.205. The van der Waals surface area contributed by atoms with Crippen LogP contribution in [-0.4, -0.2) is 47.1 Å². The first-order valence-electron chi connectivity index (χ1n) is 8.36. The third-order valence-electron chi connectivity index (χ3n) is 4.84. The van der Waals surface area contributed by atoms with Gasteiger partial charge in [0.15, 0.2) is 0 Å². The molecule has 2 aromatic rings. The van der Waals surface area contributed by atoms with Gasteiger partial charge in [0.2, 0.25) is 0 Å². The quantitative estimate of drug-likeness (QED) is 0.931. The Kier molecular flexibility index (Phi) is 4.24. The largest absolute Gasteiger partial charge is 0.379 e. The molecule has 2 aliphatic heterocycles. The standard InChI is InChI=1S/C18H21N3O2S/c22-17(14-4-8-24-12-14)21-7-2-5-18(13-21)9-16(11-23-18)20-15-3-1-6-19-10-15/h1,3-4,6,8,10,12,16,20H,2,5,7,9,11,13H2. The van der Waals surface area contributed by atoms with Crippen LogP contribution < -0.4 is 5.32 Å². The second-order valence-corrected chi connectivity index (χ2v) is 7.40. The highest BCUT2D eigenvalue weighted by Gasteiger charge is 2.44. The maximum atomic E-state index is 12.6. The van der Waals surface area contributed by atoms with Crippen LogP contribution in [0, 0.1) is 0 Å². The summed E-state index contributed by atoms with van der Waals surface area (Å²) in [6.07, 6.45) is 6.54. The maximum absolute atomic E-state index is 12.6. The van der Waals surface area contributed by atoms with Crippen LogP contribution in [0.15, 0.2) is 41.4 Å². The molecule has 1 spiro atoms. The van der Waals surface area contributed by atoms with Gasteiger partial charge in [0.25, 0.3) is 5.91 Å². The summed E-state index contributed by atoms with van der Waals surface area (Å²) < 4.78 is 6.19. The number of aromatic nitrogens is 1. The molecule has 1 N–H and O–H groups in total. The molecule has 2 atom stereocenters. The van der Waals surface area contributed by atoms with E-state index in [0.717, 1.165) is 37.1 Å². The fourth-order valence-corrected chi connectivity index (χ4v) is 4.38. The number of nitrogens with zero attached hydrogens (tertiary/aromatic N) is 2. The van der Waals surface area contributed by atoms with Crippen LogP contribution in [0.3, 0.4) is 0 Å². The molecule has 0 radical (unpaired) electrons. The van der Waals surface area contributed by atoms with E-state index in [0.29, 0.717) is 13.2 Å². The number of anilines is 1. The number of piperidine rings is 1. The lowest BCUT2D eigenvalue weighted by Crippen LogP contribution is -2.50. The summed E-state index contributed by atoms with van der Waals surface area (Å²) in [5.41, 5.74) is 1.61. The number of rotatable bonds is 3. The van der Waals surface area contributed by atoms with Gasteiger partial charge in [-0.25, -0.2) is 0 Å². The Morgan fingerprint density at radius 1 is 1.46 bits per heavy atom. The molecule has 0 aliphatic carbocycles. The van der Waals surface area contributed by atoms with Gasteiger partial charge in [-0.1, -0.05) is 0 Å². The molecule has 1 amide bonds. The summed E-state index contributed by atoms with van der Waals surface area (Å²) in [7, 11) is 0. The average Bonchev–Trinajstić information content (AvgIpc) is 3.26. The number of likely N-dealkylation sites (tertiary alicyclic amines) is 1. The molecule has 0 bridgehead atoms. The van der Waals surface area contributed by atoms with E-state index in [9.17, 15) is 4.79 Å². The number of carbonyl (C=O) groups is 1. The Morgan fingerprint density at radius 2 is 2.42 bits per heavy atom. The molecule has 24 heavy (non-hydrogen) atoms. The lowest BCUT2D eigenvalue weighted by molar-refractivity contribution is -0.0447. The predicted molar refractivity (Wildman–Crippen MR) is 94.4 cm³/mol. The molecule has 0 aromatic carbocycles. The Labute approximate surface area is 145 Å². The van der Waals surface area contributed by atoms with Crippen LogP contribution in [0.4, 0.5) is 5.69 Å². The summed E-state index contributed by atoms with van der Waals surface area (Å²) in [5, 5.41) is 7.37. The molecular weight excluding hydrogens is 322 g/mol. The van der Waals surface area contributed by atoms with Crippen molar-refractivity contribution in [3.8, 4) is 0 Å². The first-order valence-corrected chi connectivity index (χ1v) is 9.30. The van der Waals surface area contributed by atoms with E-state index in [2.05, 4.69) is 10.3 Å². The molecule has 0 saturated carbocycles. The van der Waals surface area contributed by atoms with Crippen molar-refractivity contribution in [2.45, 2.75) is 30.9 Å². The van der Waals surface area contributed by atoms with Gasteiger partial charge in [-0.05, 0) is 36.4 Å². The normalized spacial score (nSPS) is 26.7. The molecule has 6 heteroatoms. The van der Waals surface area contributed by atoms with Gasteiger partial charge in [-0.15, -0.1) is 0 Å². The summed E-state index contributed by atoms with van der Waals surface area (Å²) in [5.74, 6) is 0.127. The van der Waals surface area contributed by atoms with Gasteiger partial charge in [0, 0.05) is 30.7 Å². The van der Waals surface area contributed by atoms with E-state index < -0.39 is 0 Å². The van der Waals surface area contributed by atoms with Crippen molar-refractivity contribution < 1.29 is 9.53 Å². The number of hydrogen-bond acceptors (Lipinski definition) is 5. The van der Waals surface area contributed by atoms with E-state index in [4.69, 9.17) is 4.74 Å². The molecule has 4 rings (SSSR count). The van der Waals surface area contributed by atoms with Crippen molar-refractivity contribution in [2.75, 3.05) is 25.0 Å². The van der Waals surface area contributed by atoms with Crippen molar-refractivity contribution in [3.63, 3.8) is 0 Å². The summed E-state index contributed by atoms with van der Waals surface area (Å²) in [4.78, 5) is 18.7. The van der Waals surface area contributed by atoms with Crippen LogP contribution in [0.25, 0.3) is 0 Å². The van der Waals surface area contributed by atoms with Crippen molar-refractivity contribution in [1.82, 2.24) is 9.88 Å². The summed E-state index contributed by atoms with van der Waals surface area (Å²) in [6, 6.07) is 6.11. The highest BCUT2D eigenvalue weighted by Crippen LogP contribution is 2.36. The van der Waals surface area contributed by atoms with Gasteiger partial charge in [0.1, 0.15) is 0 Å². The first kappa shape index (κ1) is 15.6. The molecule has 2 aromatic heterocycles. The van der Waals surface area contributed by atoms with Crippen LogP contribution >= 0.6 is 11.3 Å². The molecule has 2 aliphatic rings. The van der Waals surface area contributed by atoms with Crippen molar-refractivity contribution >= 4 is 22.9 Å². The smallest absolute Gasteiger partial charge is 0.254 e. The average molecular weight is 343 g/mol. The molecule has 126 valence electrons. The van der Waals surface area contributed by atoms with Crippen LogP contribution in [0.5, 0.6) is 0 Å². The number of nitrogens with one attached hydrogen (secondary N) is 1. The Bertz CT molecular complexity index is 692. The SMILES string of the molecule is O=C(c1ccsc1)N1CCCC2(CC(Nc3cccnc3)CO2)C1. The lowest BCUT2D eigenvalue weighted by Gasteiger charge is -2.39. The van der Waals surface area contributed by atoms with Gasteiger partial charge >= 0.3 is 0 Å². The fourth-order valence-electron chi connectivity index (χ4n) is 3.75. The van der Waals surface area contributed by atoms with Crippen molar-refractivity contribution in [2.24, 2.45) is 0 Å². The van der Waals surface area contributed by atoms with E-state index in [-0.39, 0.29) is 17.6 Å². The topological polar surface area (TPSA) is 54.5 Å². The van der Waals surface area contributed by atoms with Crippen molar-refractivity contribution in [3.05, 3.63) is 46.9 Å². The Morgan fingerprint density at radius 3 is 3.21 bits per heavy atom. The zero-order valence-electron chi connectivity index (χ0n) is 13.5. The number of thiophene rings is 1. The maximum Gasteiger partial charge on any atom is 0.254 e. The minimum absolute atomic E-state index is 0.127. The summed E-state index contributed by atoms with van der Waals surface area (Å²) >= 11 is 1.56. The lowest BCUT2D eigenvalue weighted by atomic mass is 9.88. The number of hydrogen-bond donors (Lipinski definition) is 1. The third-order valence-corrected chi connectivity index (χ3v) is 5.52. The molecular formula is C18H21N3O2S. The van der Waals surface area contributed by atoms with Crippen LogP contribution in [0.2, 0.25) is 0 Å².